The van der Waals surface area contributed by atoms with Crippen molar-refractivity contribution < 1.29 is 9.47 Å². The highest BCUT2D eigenvalue weighted by Crippen LogP contribution is 2.36. The standard InChI is InChI=1S/C23H21N5O2/c1-29-20-13-16(11-12-19(20)30-14-15-7-3-2-4-8-15)21-26-22(24)27-23-25-17-9-5-6-10-18(17)28(21)23/h2-13,21H,14H2,1H3,(H3,24,25,26,27)/t21-/m0/s1. The molecule has 0 fully saturated rings. The molecule has 150 valence electrons. The summed E-state index contributed by atoms with van der Waals surface area (Å²) in [6.07, 6.45) is -0.356. The smallest absolute Gasteiger partial charge is 0.212 e. The van der Waals surface area contributed by atoms with E-state index in [1.165, 1.54) is 0 Å². The predicted octanol–water partition coefficient (Wildman–Crippen LogP) is 3.91. The lowest BCUT2D eigenvalue weighted by Gasteiger charge is -2.24. The average molecular weight is 399 g/mol. The van der Waals surface area contributed by atoms with Crippen molar-refractivity contribution in [2.24, 2.45) is 10.7 Å². The zero-order valence-corrected chi connectivity index (χ0v) is 16.4. The molecule has 0 unspecified atom stereocenters. The van der Waals surface area contributed by atoms with Crippen molar-refractivity contribution in [2.75, 3.05) is 12.4 Å². The van der Waals surface area contributed by atoms with Gasteiger partial charge in [0, 0.05) is 5.56 Å². The summed E-state index contributed by atoms with van der Waals surface area (Å²) in [6, 6.07) is 23.8. The van der Waals surface area contributed by atoms with E-state index in [9.17, 15) is 0 Å². The van der Waals surface area contributed by atoms with Crippen LogP contribution in [-0.4, -0.2) is 22.6 Å². The number of guanidine groups is 1. The van der Waals surface area contributed by atoms with Crippen LogP contribution in [0.25, 0.3) is 11.0 Å². The summed E-state index contributed by atoms with van der Waals surface area (Å²) in [4.78, 5) is 9.26. The lowest BCUT2D eigenvalue weighted by atomic mass is 10.1. The van der Waals surface area contributed by atoms with Gasteiger partial charge >= 0.3 is 0 Å². The molecule has 0 spiro atoms. The quantitative estimate of drug-likeness (QED) is 0.531. The van der Waals surface area contributed by atoms with Gasteiger partial charge in [0.25, 0.3) is 0 Å². The molecule has 1 aromatic heterocycles. The van der Waals surface area contributed by atoms with E-state index in [1.807, 2.05) is 77.4 Å². The van der Waals surface area contributed by atoms with Crippen molar-refractivity contribution in [1.82, 2.24) is 9.55 Å². The summed E-state index contributed by atoms with van der Waals surface area (Å²) in [6.45, 7) is 0.464. The number of hydrogen-bond donors (Lipinski definition) is 2. The van der Waals surface area contributed by atoms with Crippen LogP contribution >= 0.6 is 0 Å². The summed E-state index contributed by atoms with van der Waals surface area (Å²) < 4.78 is 13.6. The molecule has 4 aromatic rings. The minimum Gasteiger partial charge on any atom is -0.493 e. The average Bonchev–Trinajstić information content (AvgIpc) is 3.16. The number of fused-ring (bicyclic) bond motifs is 3. The number of benzene rings is 3. The number of rotatable bonds is 5. The second-order valence-corrected chi connectivity index (χ2v) is 6.99. The Hall–Kier alpha value is -4.00. The number of aromatic nitrogens is 2. The fraction of sp³-hybridized carbons (Fsp3) is 0.130. The lowest BCUT2D eigenvalue weighted by Crippen LogP contribution is -2.31. The molecule has 1 aliphatic heterocycles. The van der Waals surface area contributed by atoms with E-state index >= 15 is 0 Å². The van der Waals surface area contributed by atoms with Crippen LogP contribution in [0.4, 0.5) is 5.95 Å². The predicted molar refractivity (Wildman–Crippen MR) is 117 cm³/mol. The number of aliphatic imine (C=N–C) groups is 1. The molecule has 0 radical (unpaired) electrons. The van der Waals surface area contributed by atoms with Gasteiger partial charge in [-0.05, 0) is 29.8 Å². The Morgan fingerprint density at radius 3 is 2.63 bits per heavy atom. The number of ether oxygens (including phenoxy) is 2. The van der Waals surface area contributed by atoms with E-state index in [2.05, 4.69) is 15.3 Å². The van der Waals surface area contributed by atoms with Gasteiger partial charge in [-0.2, -0.15) is 0 Å². The van der Waals surface area contributed by atoms with Crippen LogP contribution in [-0.2, 0) is 6.61 Å². The molecule has 7 heteroatoms. The number of hydrogen-bond acceptors (Lipinski definition) is 6. The first-order chi connectivity index (χ1) is 14.7. The van der Waals surface area contributed by atoms with Gasteiger partial charge in [-0.3, -0.25) is 9.88 Å². The van der Waals surface area contributed by atoms with Crippen molar-refractivity contribution in [3.63, 3.8) is 0 Å². The molecule has 0 bridgehead atoms. The molecule has 0 amide bonds. The second kappa shape index (κ2) is 7.44. The van der Waals surface area contributed by atoms with Crippen LogP contribution < -0.4 is 20.5 Å². The van der Waals surface area contributed by atoms with Gasteiger partial charge in [0.2, 0.25) is 5.95 Å². The minimum atomic E-state index is -0.356. The Morgan fingerprint density at radius 1 is 1.00 bits per heavy atom. The fourth-order valence-corrected chi connectivity index (χ4v) is 3.64. The highest BCUT2D eigenvalue weighted by molar-refractivity contribution is 5.94. The van der Waals surface area contributed by atoms with E-state index < -0.39 is 0 Å². The Bertz CT molecular complexity index is 1230. The molecular weight excluding hydrogens is 378 g/mol. The van der Waals surface area contributed by atoms with E-state index in [0.717, 1.165) is 22.2 Å². The third-order valence-electron chi connectivity index (χ3n) is 5.06. The van der Waals surface area contributed by atoms with Crippen molar-refractivity contribution in [3.8, 4) is 11.5 Å². The largest absolute Gasteiger partial charge is 0.493 e. The van der Waals surface area contributed by atoms with E-state index in [4.69, 9.17) is 15.2 Å². The number of imidazole rings is 1. The highest BCUT2D eigenvalue weighted by atomic mass is 16.5. The topological polar surface area (TPSA) is 86.7 Å². The van der Waals surface area contributed by atoms with E-state index in [1.54, 1.807) is 7.11 Å². The van der Waals surface area contributed by atoms with Crippen LogP contribution in [0.2, 0.25) is 0 Å². The van der Waals surface area contributed by atoms with Crippen molar-refractivity contribution in [3.05, 3.63) is 83.9 Å². The van der Waals surface area contributed by atoms with Crippen LogP contribution in [0.15, 0.2) is 77.8 Å². The molecular formula is C23H21N5O2. The van der Waals surface area contributed by atoms with Crippen LogP contribution in [0.5, 0.6) is 11.5 Å². The van der Waals surface area contributed by atoms with E-state index in [0.29, 0.717) is 30.0 Å². The van der Waals surface area contributed by atoms with Gasteiger partial charge in [-0.25, -0.2) is 9.98 Å². The normalized spacial score (nSPS) is 15.2. The van der Waals surface area contributed by atoms with Gasteiger partial charge in [0.1, 0.15) is 6.61 Å². The number of anilines is 1. The summed E-state index contributed by atoms with van der Waals surface area (Å²) in [5.41, 5.74) is 9.91. The van der Waals surface area contributed by atoms with Crippen molar-refractivity contribution >= 4 is 22.9 Å². The third-order valence-corrected chi connectivity index (χ3v) is 5.06. The maximum absolute atomic E-state index is 6.04. The van der Waals surface area contributed by atoms with Crippen LogP contribution in [0.1, 0.15) is 17.3 Å². The molecule has 1 atom stereocenters. The molecule has 3 N–H and O–H groups in total. The number of methoxy groups -OCH3 is 1. The molecule has 3 aromatic carbocycles. The minimum absolute atomic E-state index is 0.325. The maximum Gasteiger partial charge on any atom is 0.212 e. The molecule has 7 nitrogen and oxygen atoms in total. The molecule has 30 heavy (non-hydrogen) atoms. The van der Waals surface area contributed by atoms with Gasteiger partial charge in [0.05, 0.1) is 18.1 Å². The van der Waals surface area contributed by atoms with Gasteiger partial charge in [0.15, 0.2) is 23.6 Å². The van der Waals surface area contributed by atoms with Crippen LogP contribution in [0, 0.1) is 0 Å². The summed E-state index contributed by atoms with van der Waals surface area (Å²) >= 11 is 0. The molecule has 0 aliphatic carbocycles. The highest BCUT2D eigenvalue weighted by Gasteiger charge is 2.25. The first-order valence-electron chi connectivity index (χ1n) is 9.65. The first-order valence-corrected chi connectivity index (χ1v) is 9.65. The first kappa shape index (κ1) is 18.1. The number of para-hydroxylation sites is 2. The van der Waals surface area contributed by atoms with Gasteiger partial charge < -0.3 is 15.2 Å². The Balaban J connectivity index is 1.50. The number of nitrogens with one attached hydrogen (secondary N) is 1. The van der Waals surface area contributed by atoms with Crippen LogP contribution in [0.3, 0.4) is 0 Å². The summed E-state index contributed by atoms with van der Waals surface area (Å²) in [5, 5.41) is 3.05. The molecule has 2 heterocycles. The SMILES string of the molecule is COc1cc([C@H]2N=C(N)Nc3nc4ccccc4n32)ccc1OCc1ccccc1. The molecule has 0 saturated carbocycles. The van der Waals surface area contributed by atoms with Gasteiger partial charge in [-0.15, -0.1) is 0 Å². The molecule has 0 saturated heterocycles. The number of nitrogens with two attached hydrogens (primary N) is 1. The molecule has 5 rings (SSSR count). The van der Waals surface area contributed by atoms with E-state index in [-0.39, 0.29) is 6.17 Å². The summed E-state index contributed by atoms with van der Waals surface area (Å²) in [7, 11) is 1.63. The summed E-state index contributed by atoms with van der Waals surface area (Å²) in [5.74, 6) is 2.30. The third kappa shape index (κ3) is 3.20. The monoisotopic (exact) mass is 399 g/mol. The lowest BCUT2D eigenvalue weighted by molar-refractivity contribution is 0.284. The Kier molecular flexibility index (Phi) is 4.48. The van der Waals surface area contributed by atoms with Gasteiger partial charge in [-0.1, -0.05) is 48.5 Å². The Labute approximate surface area is 173 Å². The second-order valence-electron chi connectivity index (χ2n) is 6.99. The van der Waals surface area contributed by atoms with Crippen molar-refractivity contribution in [1.29, 1.82) is 0 Å². The fourth-order valence-electron chi connectivity index (χ4n) is 3.64. The maximum atomic E-state index is 6.04. The zero-order valence-electron chi connectivity index (χ0n) is 16.4. The zero-order chi connectivity index (χ0) is 20.5. The Morgan fingerprint density at radius 2 is 1.80 bits per heavy atom. The number of nitrogens with zero attached hydrogens (tertiary/aromatic N) is 3. The van der Waals surface area contributed by atoms with Crippen molar-refractivity contribution in [2.45, 2.75) is 12.8 Å². The molecule has 1 aliphatic rings.